The number of benzene rings is 1. The van der Waals surface area contributed by atoms with Crippen molar-refractivity contribution in [1.82, 2.24) is 5.32 Å². The first kappa shape index (κ1) is 40.6. The molecule has 1 N–H and O–H groups in total. The number of hydrogen-bond donors (Lipinski definition) is 1. The molecule has 1 amide bonds. The van der Waals surface area contributed by atoms with E-state index in [2.05, 4.69) is 46.1 Å². The first-order chi connectivity index (χ1) is 20.9. The van der Waals surface area contributed by atoms with Crippen LogP contribution < -0.4 is 9.74 Å². The van der Waals surface area contributed by atoms with Gasteiger partial charge in [0.15, 0.2) is 0 Å². The Morgan fingerprint density at radius 3 is 1.70 bits per heavy atom. The smallest absolute Gasteiger partial charge is 0.331 e. The van der Waals surface area contributed by atoms with E-state index in [0.717, 1.165) is 29.9 Å². The zero-order valence-corrected chi connectivity index (χ0v) is 31.5. The van der Waals surface area contributed by atoms with Gasteiger partial charge in [-0.05, 0) is 68.6 Å². The van der Waals surface area contributed by atoms with Gasteiger partial charge in [0.25, 0.3) is 0 Å². The van der Waals surface area contributed by atoms with E-state index in [9.17, 15) is 9.36 Å². The van der Waals surface area contributed by atoms with Gasteiger partial charge in [-0.3, -0.25) is 9.36 Å². The Bertz CT molecular complexity index is 977. The van der Waals surface area contributed by atoms with Gasteiger partial charge in [-0.2, -0.15) is 0 Å². The maximum Gasteiger partial charge on any atom is 0.331 e. The topological polar surface area (TPSA) is 73.9 Å². The van der Waals surface area contributed by atoms with Crippen LogP contribution >= 0.6 is 7.60 Å². The SMILES string of the molecule is CCCCCCCCCCCCCCCC(=O)N/C(=C/c1ccc(O[Si](C)(C)C(C)(C)C)cc1)CCP(=O)(OCC)OCC. The highest BCUT2D eigenvalue weighted by molar-refractivity contribution is 7.53. The third-order valence-corrected chi connectivity index (χ3v) is 14.9. The fourth-order valence-corrected chi connectivity index (χ4v) is 7.48. The van der Waals surface area contributed by atoms with Crippen molar-refractivity contribution in [2.75, 3.05) is 19.4 Å². The van der Waals surface area contributed by atoms with Gasteiger partial charge in [0.1, 0.15) is 5.75 Å². The van der Waals surface area contributed by atoms with Gasteiger partial charge < -0.3 is 18.8 Å². The summed E-state index contributed by atoms with van der Waals surface area (Å²) >= 11 is 0. The highest BCUT2D eigenvalue weighted by Crippen LogP contribution is 2.49. The Morgan fingerprint density at radius 2 is 1.25 bits per heavy atom. The van der Waals surface area contributed by atoms with E-state index in [1.54, 1.807) is 0 Å². The highest BCUT2D eigenvalue weighted by Gasteiger charge is 2.38. The molecule has 1 aromatic carbocycles. The number of unbranched alkanes of at least 4 members (excludes halogenated alkanes) is 12. The number of nitrogens with one attached hydrogen (secondary N) is 1. The zero-order chi connectivity index (χ0) is 32.9. The first-order valence-corrected chi connectivity index (χ1v) is 22.2. The molecule has 0 saturated heterocycles. The predicted octanol–water partition coefficient (Wildman–Crippen LogP) is 11.7. The summed E-state index contributed by atoms with van der Waals surface area (Å²) in [6.45, 7) is 17.7. The quantitative estimate of drug-likeness (QED) is 0.0647. The molecule has 0 spiro atoms. The largest absolute Gasteiger partial charge is 0.544 e. The Kier molecular flexibility index (Phi) is 20.5. The van der Waals surface area contributed by atoms with E-state index in [4.69, 9.17) is 13.5 Å². The number of hydrogen-bond acceptors (Lipinski definition) is 5. The first-order valence-electron chi connectivity index (χ1n) is 17.5. The summed E-state index contributed by atoms with van der Waals surface area (Å²) < 4.78 is 30.6. The lowest BCUT2D eigenvalue weighted by atomic mass is 10.0. The van der Waals surface area contributed by atoms with Crippen molar-refractivity contribution >= 4 is 27.9 Å². The molecule has 0 saturated carbocycles. The molecule has 0 fully saturated rings. The van der Waals surface area contributed by atoms with Crippen molar-refractivity contribution in [1.29, 1.82) is 0 Å². The maximum atomic E-state index is 13.1. The zero-order valence-electron chi connectivity index (χ0n) is 29.6. The van der Waals surface area contributed by atoms with Crippen molar-refractivity contribution in [3.63, 3.8) is 0 Å². The molecule has 0 aliphatic heterocycles. The number of rotatable bonds is 25. The molecule has 0 aromatic heterocycles. The summed E-state index contributed by atoms with van der Waals surface area (Å²) in [6.07, 6.45) is 19.7. The lowest BCUT2D eigenvalue weighted by Crippen LogP contribution is -2.43. The predicted molar refractivity (Wildman–Crippen MR) is 191 cm³/mol. The number of amides is 1. The average Bonchev–Trinajstić information content (AvgIpc) is 2.95. The molecule has 0 aliphatic rings. The van der Waals surface area contributed by atoms with Crippen LogP contribution in [-0.4, -0.2) is 33.6 Å². The summed E-state index contributed by atoms with van der Waals surface area (Å²) in [5.41, 5.74) is 1.67. The number of carbonyl (C=O) groups is 1. The van der Waals surface area contributed by atoms with Crippen LogP contribution in [0.15, 0.2) is 30.0 Å². The summed E-state index contributed by atoms with van der Waals surface area (Å²) in [6, 6.07) is 7.99. The van der Waals surface area contributed by atoms with E-state index in [1.807, 2.05) is 44.2 Å². The minimum atomic E-state index is -3.23. The molecular weight excluding hydrogens is 585 g/mol. The molecule has 1 rings (SSSR count). The summed E-state index contributed by atoms with van der Waals surface area (Å²) in [7, 11) is -5.16. The molecule has 0 unspecified atom stereocenters. The second kappa shape index (κ2) is 22.2. The molecule has 1 aromatic rings. The normalized spacial score (nSPS) is 12.9. The summed E-state index contributed by atoms with van der Waals surface area (Å²) in [5.74, 6) is 0.860. The molecule has 0 radical (unpaired) electrons. The molecular formula is C36H66NO5PSi. The van der Waals surface area contributed by atoms with Crippen LogP contribution in [0.5, 0.6) is 5.75 Å². The van der Waals surface area contributed by atoms with Crippen LogP contribution in [0.2, 0.25) is 18.1 Å². The molecule has 8 heteroatoms. The Balaban J connectivity index is 2.66. The van der Waals surface area contributed by atoms with Gasteiger partial charge in [-0.1, -0.05) is 117 Å². The monoisotopic (exact) mass is 651 g/mol. The van der Waals surface area contributed by atoms with Gasteiger partial charge >= 0.3 is 7.60 Å². The van der Waals surface area contributed by atoms with E-state index in [0.29, 0.717) is 26.1 Å². The Morgan fingerprint density at radius 1 is 0.773 bits per heavy atom. The van der Waals surface area contributed by atoms with Crippen LogP contribution in [0.4, 0.5) is 0 Å². The molecule has 0 heterocycles. The lowest BCUT2D eigenvalue weighted by Gasteiger charge is -2.36. The molecule has 0 aliphatic carbocycles. The molecule has 0 atom stereocenters. The van der Waals surface area contributed by atoms with Gasteiger partial charge in [0.05, 0.1) is 19.4 Å². The lowest BCUT2D eigenvalue weighted by molar-refractivity contribution is -0.120. The third-order valence-electron chi connectivity index (χ3n) is 8.51. The van der Waals surface area contributed by atoms with E-state index >= 15 is 0 Å². The minimum Gasteiger partial charge on any atom is -0.544 e. The Labute approximate surface area is 272 Å². The van der Waals surface area contributed by atoms with E-state index in [-0.39, 0.29) is 17.1 Å². The number of allylic oxidation sites excluding steroid dienone is 1. The van der Waals surface area contributed by atoms with Crippen molar-refractivity contribution < 1.29 is 22.8 Å². The van der Waals surface area contributed by atoms with E-state index in [1.165, 1.54) is 70.6 Å². The van der Waals surface area contributed by atoms with Crippen LogP contribution in [0.1, 0.15) is 143 Å². The van der Waals surface area contributed by atoms with Gasteiger partial charge in [0.2, 0.25) is 14.2 Å². The fraction of sp³-hybridized carbons (Fsp3) is 0.750. The van der Waals surface area contributed by atoms with Crippen LogP contribution in [0.25, 0.3) is 6.08 Å². The Hall–Kier alpha value is -1.40. The average molecular weight is 652 g/mol. The van der Waals surface area contributed by atoms with Crippen LogP contribution in [0.3, 0.4) is 0 Å². The van der Waals surface area contributed by atoms with E-state index < -0.39 is 15.9 Å². The molecule has 44 heavy (non-hydrogen) atoms. The summed E-state index contributed by atoms with van der Waals surface area (Å²) in [5, 5.41) is 3.22. The van der Waals surface area contributed by atoms with Crippen molar-refractivity contribution in [3.8, 4) is 5.75 Å². The fourth-order valence-electron chi connectivity index (χ4n) is 4.81. The maximum absolute atomic E-state index is 13.1. The third kappa shape index (κ3) is 17.9. The van der Waals surface area contributed by atoms with Crippen LogP contribution in [-0.2, 0) is 18.4 Å². The van der Waals surface area contributed by atoms with Crippen molar-refractivity contribution in [2.45, 2.75) is 156 Å². The molecule has 0 bridgehead atoms. The standard InChI is InChI=1S/C36H66NO5PSi/c1-9-12-13-14-15-16-17-18-19-20-21-22-23-24-35(38)37-33(29-30-43(39,40-10-2)41-11-3)31-32-25-27-34(28-26-32)42-44(7,8)36(4,5)6/h25-28,31H,9-24,29-30H2,1-8H3,(H,37,38)/b33-31+. The minimum absolute atomic E-state index is 0.000134. The van der Waals surface area contributed by atoms with Gasteiger partial charge in [0, 0.05) is 12.1 Å². The van der Waals surface area contributed by atoms with Crippen molar-refractivity contribution in [2.24, 2.45) is 0 Å². The molecule has 6 nitrogen and oxygen atoms in total. The highest BCUT2D eigenvalue weighted by atomic mass is 31.2. The number of carbonyl (C=O) groups excluding carboxylic acids is 1. The summed E-state index contributed by atoms with van der Waals surface area (Å²) in [4.78, 5) is 12.9. The van der Waals surface area contributed by atoms with Gasteiger partial charge in [-0.15, -0.1) is 0 Å². The van der Waals surface area contributed by atoms with Crippen LogP contribution in [0, 0.1) is 0 Å². The molecule has 254 valence electrons. The second-order valence-corrected chi connectivity index (χ2v) is 20.5. The van der Waals surface area contributed by atoms with Gasteiger partial charge in [-0.25, -0.2) is 0 Å². The second-order valence-electron chi connectivity index (χ2n) is 13.6. The van der Waals surface area contributed by atoms with Crippen molar-refractivity contribution in [3.05, 3.63) is 35.5 Å².